The van der Waals surface area contributed by atoms with E-state index < -0.39 is 20.1 Å². The molecule has 0 fully saturated rings. The molecule has 0 unspecified atom stereocenters. The molecule has 0 aliphatic carbocycles. The highest BCUT2D eigenvalue weighted by molar-refractivity contribution is 7.89. The topological polar surface area (TPSA) is 89.5 Å². The van der Waals surface area contributed by atoms with Crippen LogP contribution in [-0.2, 0) is 24.3 Å². The zero-order chi connectivity index (χ0) is 15.1. The number of sulfonamides is 1. The largest absolute Gasteiger partial charge is 0.270 e. The van der Waals surface area contributed by atoms with Crippen molar-refractivity contribution in [2.45, 2.75) is 24.7 Å². The number of nitrogens with one attached hydrogen (secondary N) is 1. The molecule has 0 aliphatic rings. The Morgan fingerprint density at radius 1 is 1.10 bits per heavy atom. The van der Waals surface area contributed by atoms with Gasteiger partial charge in [0.15, 0.2) is 0 Å². The molecule has 1 aromatic carbocycles. The van der Waals surface area contributed by atoms with Gasteiger partial charge < -0.3 is 0 Å². The molecular weight excluding hydrogens is 302 g/mol. The summed E-state index contributed by atoms with van der Waals surface area (Å²) in [6.07, 6.45) is 0.776. The van der Waals surface area contributed by atoms with Gasteiger partial charge in [0.05, 0.1) is 17.3 Å². The Morgan fingerprint density at radius 2 is 1.75 bits per heavy atom. The van der Waals surface area contributed by atoms with Crippen LogP contribution in [0.4, 0.5) is 0 Å². The van der Waals surface area contributed by atoms with Crippen LogP contribution in [0.2, 0.25) is 0 Å². The molecule has 0 spiro atoms. The van der Waals surface area contributed by atoms with Gasteiger partial charge in [-0.2, -0.15) is 8.42 Å². The third-order valence-electron chi connectivity index (χ3n) is 2.38. The van der Waals surface area contributed by atoms with Crippen LogP contribution in [0.5, 0.6) is 0 Å². The Kier molecular flexibility index (Phi) is 6.60. The summed E-state index contributed by atoms with van der Waals surface area (Å²) in [5.74, 6) is -0.204. The summed E-state index contributed by atoms with van der Waals surface area (Å²) in [4.78, 5) is 0.157. The molecule has 0 saturated carbocycles. The summed E-state index contributed by atoms with van der Waals surface area (Å²) in [5.41, 5.74) is 0. The van der Waals surface area contributed by atoms with E-state index >= 15 is 0 Å². The fraction of sp³-hybridized carbons (Fsp3) is 0.500. The van der Waals surface area contributed by atoms with E-state index in [2.05, 4.69) is 4.72 Å². The molecule has 114 valence electrons. The number of rotatable bonds is 9. The van der Waals surface area contributed by atoms with Gasteiger partial charge in [-0.25, -0.2) is 13.1 Å². The highest BCUT2D eigenvalue weighted by atomic mass is 32.2. The van der Waals surface area contributed by atoms with Gasteiger partial charge in [-0.3, -0.25) is 4.18 Å². The van der Waals surface area contributed by atoms with Crippen LogP contribution in [0.3, 0.4) is 0 Å². The highest BCUT2D eigenvalue weighted by Gasteiger charge is 2.14. The van der Waals surface area contributed by atoms with E-state index in [9.17, 15) is 16.8 Å². The number of hydrogen-bond donors (Lipinski definition) is 1. The Labute approximate surface area is 120 Å². The van der Waals surface area contributed by atoms with Gasteiger partial charge in [0.2, 0.25) is 10.0 Å². The molecule has 0 aliphatic heterocycles. The van der Waals surface area contributed by atoms with Crippen molar-refractivity contribution in [3.05, 3.63) is 30.3 Å². The van der Waals surface area contributed by atoms with Crippen molar-refractivity contribution < 1.29 is 21.0 Å². The van der Waals surface area contributed by atoms with E-state index in [0.717, 1.165) is 0 Å². The van der Waals surface area contributed by atoms with Crippen LogP contribution < -0.4 is 4.72 Å². The van der Waals surface area contributed by atoms with Crippen molar-refractivity contribution >= 4 is 20.1 Å². The summed E-state index contributed by atoms with van der Waals surface area (Å²) in [7, 11) is -7.14. The fourth-order valence-corrected chi connectivity index (χ4v) is 3.54. The van der Waals surface area contributed by atoms with E-state index in [1.807, 2.05) is 6.92 Å². The molecule has 0 amide bonds. The minimum Gasteiger partial charge on any atom is -0.270 e. The predicted octanol–water partition coefficient (Wildman–Crippen LogP) is 1.11. The van der Waals surface area contributed by atoms with Crippen molar-refractivity contribution in [1.82, 2.24) is 4.72 Å². The molecular formula is C12H19NO5S2. The number of hydrogen-bond acceptors (Lipinski definition) is 5. The molecule has 8 heteroatoms. The van der Waals surface area contributed by atoms with Crippen LogP contribution in [0.15, 0.2) is 35.2 Å². The average Bonchev–Trinajstić information content (AvgIpc) is 2.43. The van der Waals surface area contributed by atoms with Gasteiger partial charge in [-0.05, 0) is 25.0 Å². The third-order valence-corrected chi connectivity index (χ3v) is 5.18. The summed E-state index contributed by atoms with van der Waals surface area (Å²) in [6.45, 7) is 2.01. The number of benzene rings is 1. The third kappa shape index (κ3) is 6.00. The average molecular weight is 321 g/mol. The van der Waals surface area contributed by atoms with E-state index in [4.69, 9.17) is 4.18 Å². The monoisotopic (exact) mass is 321 g/mol. The lowest BCUT2D eigenvalue weighted by Crippen LogP contribution is -2.26. The van der Waals surface area contributed by atoms with Crippen molar-refractivity contribution in [2.75, 3.05) is 18.9 Å². The quantitative estimate of drug-likeness (QED) is 0.543. The second kappa shape index (κ2) is 7.72. The highest BCUT2D eigenvalue weighted by Crippen LogP contribution is 2.07. The van der Waals surface area contributed by atoms with Gasteiger partial charge >= 0.3 is 0 Å². The first-order valence-corrected chi connectivity index (χ1v) is 9.35. The molecule has 0 saturated heterocycles. The van der Waals surface area contributed by atoms with E-state index in [0.29, 0.717) is 6.42 Å². The Balaban J connectivity index is 2.42. The zero-order valence-electron chi connectivity index (χ0n) is 11.3. The standard InChI is InChI=1S/C12H19NO5S2/c1-2-10-18-19(14,15)11-6-9-13-20(16,17)12-7-4-3-5-8-12/h3-5,7-8,13H,2,6,9-11H2,1H3. The molecule has 6 nitrogen and oxygen atoms in total. The Morgan fingerprint density at radius 3 is 2.35 bits per heavy atom. The molecule has 0 atom stereocenters. The molecule has 1 rings (SSSR count). The van der Waals surface area contributed by atoms with E-state index in [1.165, 1.54) is 12.1 Å². The van der Waals surface area contributed by atoms with Gasteiger partial charge in [0, 0.05) is 6.54 Å². The minimum atomic E-state index is -3.58. The summed E-state index contributed by atoms with van der Waals surface area (Å²) < 4.78 is 53.5. The summed E-state index contributed by atoms with van der Waals surface area (Å²) >= 11 is 0. The van der Waals surface area contributed by atoms with Gasteiger partial charge in [0.25, 0.3) is 10.1 Å². The maximum atomic E-state index is 11.8. The summed E-state index contributed by atoms with van der Waals surface area (Å²) in [5, 5.41) is 0. The van der Waals surface area contributed by atoms with Crippen molar-refractivity contribution in [3.63, 3.8) is 0 Å². The maximum Gasteiger partial charge on any atom is 0.267 e. The lowest BCUT2D eigenvalue weighted by Gasteiger charge is -2.07. The first-order chi connectivity index (χ1) is 9.37. The molecule has 0 aromatic heterocycles. The second-order valence-corrected chi connectivity index (χ2v) is 7.67. The zero-order valence-corrected chi connectivity index (χ0v) is 12.9. The smallest absolute Gasteiger partial charge is 0.267 e. The molecule has 0 bridgehead atoms. The van der Waals surface area contributed by atoms with Crippen molar-refractivity contribution in [3.8, 4) is 0 Å². The van der Waals surface area contributed by atoms with E-state index in [-0.39, 0.29) is 30.2 Å². The van der Waals surface area contributed by atoms with Crippen LogP contribution in [0, 0.1) is 0 Å². The van der Waals surface area contributed by atoms with Crippen LogP contribution in [0.25, 0.3) is 0 Å². The van der Waals surface area contributed by atoms with Crippen LogP contribution in [0.1, 0.15) is 19.8 Å². The first-order valence-electron chi connectivity index (χ1n) is 6.29. The van der Waals surface area contributed by atoms with Crippen LogP contribution in [-0.4, -0.2) is 35.7 Å². The molecule has 1 aromatic rings. The van der Waals surface area contributed by atoms with Crippen LogP contribution >= 0.6 is 0 Å². The fourth-order valence-electron chi connectivity index (χ4n) is 1.41. The Bertz CT molecular complexity index is 596. The molecule has 0 heterocycles. The van der Waals surface area contributed by atoms with Crippen molar-refractivity contribution in [2.24, 2.45) is 0 Å². The molecule has 0 radical (unpaired) electrons. The van der Waals surface area contributed by atoms with Gasteiger partial charge in [-0.15, -0.1) is 0 Å². The SMILES string of the molecule is CCCOS(=O)(=O)CCCNS(=O)(=O)c1ccccc1. The van der Waals surface area contributed by atoms with Crippen molar-refractivity contribution in [1.29, 1.82) is 0 Å². The predicted molar refractivity (Wildman–Crippen MR) is 76.3 cm³/mol. The maximum absolute atomic E-state index is 11.8. The normalized spacial score (nSPS) is 12.4. The van der Waals surface area contributed by atoms with E-state index in [1.54, 1.807) is 18.2 Å². The second-order valence-electron chi connectivity index (χ2n) is 4.15. The molecule has 20 heavy (non-hydrogen) atoms. The van der Waals surface area contributed by atoms with Gasteiger partial charge in [-0.1, -0.05) is 25.1 Å². The first kappa shape index (κ1) is 17.1. The lowest BCUT2D eigenvalue weighted by atomic mass is 10.4. The summed E-state index contributed by atoms with van der Waals surface area (Å²) in [6, 6.07) is 7.92. The minimum absolute atomic E-state index is 0.0476. The van der Waals surface area contributed by atoms with Gasteiger partial charge in [0.1, 0.15) is 0 Å². The Hall–Kier alpha value is -0.960. The lowest BCUT2D eigenvalue weighted by molar-refractivity contribution is 0.317. The molecule has 1 N–H and O–H groups in total.